The van der Waals surface area contributed by atoms with Crippen molar-refractivity contribution in [3.05, 3.63) is 48.0 Å². The average Bonchev–Trinajstić information content (AvgIpc) is 3.03. The SMILES string of the molecule is CC(C)(C)OC(=O)N1C[C@H](OCc2ccc3ccccc3c2)C[C@H]1C(=O)O. The zero-order chi connectivity index (χ0) is 19.6. The maximum absolute atomic E-state index is 12.3. The first-order chi connectivity index (χ1) is 12.7. The van der Waals surface area contributed by atoms with Gasteiger partial charge in [0.1, 0.15) is 11.6 Å². The van der Waals surface area contributed by atoms with Crippen molar-refractivity contribution in [3.8, 4) is 0 Å². The summed E-state index contributed by atoms with van der Waals surface area (Å²) in [4.78, 5) is 25.1. The maximum atomic E-state index is 12.3. The number of aliphatic carboxylic acids is 1. The fourth-order valence-electron chi connectivity index (χ4n) is 3.22. The molecule has 0 saturated carbocycles. The van der Waals surface area contributed by atoms with Crippen molar-refractivity contribution in [2.45, 2.75) is 51.5 Å². The average molecular weight is 371 g/mol. The molecule has 27 heavy (non-hydrogen) atoms. The number of carboxylic acid groups (broad SMARTS) is 1. The summed E-state index contributed by atoms with van der Waals surface area (Å²) in [6, 6.07) is 13.2. The molecular formula is C21H25NO5. The third-order valence-electron chi connectivity index (χ3n) is 4.48. The van der Waals surface area contributed by atoms with Crippen LogP contribution in [0.3, 0.4) is 0 Å². The van der Waals surface area contributed by atoms with Crippen LogP contribution in [0.25, 0.3) is 10.8 Å². The molecular weight excluding hydrogens is 346 g/mol. The summed E-state index contributed by atoms with van der Waals surface area (Å²) in [7, 11) is 0. The Balaban J connectivity index is 1.64. The van der Waals surface area contributed by atoms with E-state index in [-0.39, 0.29) is 19.1 Å². The molecule has 144 valence electrons. The fraction of sp³-hybridized carbons (Fsp3) is 0.429. The number of carboxylic acids is 1. The van der Waals surface area contributed by atoms with Crippen LogP contribution in [0.5, 0.6) is 0 Å². The highest BCUT2D eigenvalue weighted by atomic mass is 16.6. The topological polar surface area (TPSA) is 76.1 Å². The molecule has 0 aliphatic carbocycles. The minimum atomic E-state index is -1.04. The van der Waals surface area contributed by atoms with Crippen LogP contribution in [0.4, 0.5) is 4.79 Å². The van der Waals surface area contributed by atoms with Crippen molar-refractivity contribution in [3.63, 3.8) is 0 Å². The summed E-state index contributed by atoms with van der Waals surface area (Å²) >= 11 is 0. The molecule has 0 unspecified atom stereocenters. The summed E-state index contributed by atoms with van der Waals surface area (Å²) in [5.74, 6) is -1.04. The van der Waals surface area contributed by atoms with Crippen molar-refractivity contribution >= 4 is 22.8 Å². The van der Waals surface area contributed by atoms with Gasteiger partial charge >= 0.3 is 12.1 Å². The lowest BCUT2D eigenvalue weighted by atomic mass is 10.1. The van der Waals surface area contributed by atoms with Crippen molar-refractivity contribution in [2.24, 2.45) is 0 Å². The van der Waals surface area contributed by atoms with E-state index in [1.807, 2.05) is 36.4 Å². The minimum Gasteiger partial charge on any atom is -0.480 e. The first-order valence-corrected chi connectivity index (χ1v) is 9.04. The van der Waals surface area contributed by atoms with Crippen LogP contribution in [0.2, 0.25) is 0 Å². The summed E-state index contributed by atoms with van der Waals surface area (Å²) in [5.41, 5.74) is 0.334. The van der Waals surface area contributed by atoms with Crippen molar-refractivity contribution in [1.82, 2.24) is 4.90 Å². The molecule has 3 rings (SSSR count). The van der Waals surface area contributed by atoms with Crippen molar-refractivity contribution in [2.75, 3.05) is 6.54 Å². The van der Waals surface area contributed by atoms with Gasteiger partial charge in [0.2, 0.25) is 0 Å². The Morgan fingerprint density at radius 1 is 1.15 bits per heavy atom. The van der Waals surface area contributed by atoms with E-state index < -0.39 is 23.7 Å². The van der Waals surface area contributed by atoms with E-state index >= 15 is 0 Å². The van der Waals surface area contributed by atoms with Crippen LogP contribution >= 0.6 is 0 Å². The van der Waals surface area contributed by atoms with E-state index in [1.54, 1.807) is 20.8 Å². The molecule has 6 nitrogen and oxygen atoms in total. The molecule has 1 N–H and O–H groups in total. The predicted molar refractivity (Wildman–Crippen MR) is 102 cm³/mol. The van der Waals surface area contributed by atoms with Gasteiger partial charge < -0.3 is 14.6 Å². The number of hydrogen-bond acceptors (Lipinski definition) is 4. The molecule has 0 bridgehead atoms. The fourth-order valence-corrected chi connectivity index (χ4v) is 3.22. The molecule has 1 fully saturated rings. The molecule has 0 radical (unpaired) electrons. The zero-order valence-corrected chi connectivity index (χ0v) is 15.8. The Morgan fingerprint density at radius 2 is 1.85 bits per heavy atom. The Morgan fingerprint density at radius 3 is 2.52 bits per heavy atom. The number of carbonyl (C=O) groups is 2. The second-order valence-corrected chi connectivity index (χ2v) is 7.84. The van der Waals surface area contributed by atoms with Crippen LogP contribution in [-0.4, -0.2) is 46.4 Å². The van der Waals surface area contributed by atoms with Crippen LogP contribution in [0.15, 0.2) is 42.5 Å². The van der Waals surface area contributed by atoms with E-state index in [0.29, 0.717) is 6.61 Å². The summed E-state index contributed by atoms with van der Waals surface area (Å²) in [5, 5.41) is 11.7. The van der Waals surface area contributed by atoms with Gasteiger partial charge in [0.15, 0.2) is 0 Å². The molecule has 0 spiro atoms. The Bertz CT molecular complexity index is 842. The second-order valence-electron chi connectivity index (χ2n) is 7.84. The second kappa shape index (κ2) is 7.56. The van der Waals surface area contributed by atoms with E-state index in [4.69, 9.17) is 9.47 Å². The van der Waals surface area contributed by atoms with E-state index in [0.717, 1.165) is 16.3 Å². The van der Waals surface area contributed by atoms with Gasteiger partial charge in [0, 0.05) is 6.42 Å². The number of amides is 1. The van der Waals surface area contributed by atoms with E-state index in [9.17, 15) is 14.7 Å². The highest BCUT2D eigenvalue weighted by Crippen LogP contribution is 2.25. The largest absolute Gasteiger partial charge is 0.480 e. The van der Waals surface area contributed by atoms with Crippen molar-refractivity contribution < 1.29 is 24.2 Å². The molecule has 1 heterocycles. The highest BCUT2D eigenvalue weighted by molar-refractivity contribution is 5.83. The van der Waals surface area contributed by atoms with Gasteiger partial charge in [-0.25, -0.2) is 9.59 Å². The molecule has 1 aliphatic heterocycles. The lowest BCUT2D eigenvalue weighted by molar-refractivity contribution is -0.142. The number of ether oxygens (including phenoxy) is 2. The number of nitrogens with zero attached hydrogens (tertiary/aromatic N) is 1. The van der Waals surface area contributed by atoms with E-state index in [1.165, 1.54) is 4.90 Å². The van der Waals surface area contributed by atoms with E-state index in [2.05, 4.69) is 6.07 Å². The summed E-state index contributed by atoms with van der Waals surface area (Å²) < 4.78 is 11.2. The maximum Gasteiger partial charge on any atom is 0.411 e. The Labute approximate surface area is 158 Å². The van der Waals surface area contributed by atoms with Gasteiger partial charge in [-0.05, 0) is 43.2 Å². The van der Waals surface area contributed by atoms with Crippen molar-refractivity contribution in [1.29, 1.82) is 0 Å². The first kappa shape index (κ1) is 19.2. The molecule has 1 amide bonds. The number of fused-ring (bicyclic) bond motifs is 1. The normalized spacial score (nSPS) is 20.0. The van der Waals surface area contributed by atoms with Crippen LogP contribution in [0, 0.1) is 0 Å². The monoisotopic (exact) mass is 371 g/mol. The third-order valence-corrected chi connectivity index (χ3v) is 4.48. The minimum absolute atomic E-state index is 0.208. The number of rotatable bonds is 4. The quantitative estimate of drug-likeness (QED) is 0.884. The third kappa shape index (κ3) is 4.77. The highest BCUT2D eigenvalue weighted by Gasteiger charge is 2.42. The van der Waals surface area contributed by atoms with Gasteiger partial charge in [0.05, 0.1) is 19.3 Å². The standard InChI is InChI=1S/C21H25NO5/c1-21(2,3)27-20(25)22-12-17(11-18(22)19(23)24)26-13-14-8-9-15-6-4-5-7-16(15)10-14/h4-10,17-18H,11-13H2,1-3H3,(H,23,24)/t17-,18+/m1/s1. The van der Waals surface area contributed by atoms with Crippen LogP contribution < -0.4 is 0 Å². The molecule has 6 heteroatoms. The molecule has 1 aliphatic rings. The van der Waals surface area contributed by atoms with Crippen LogP contribution in [0.1, 0.15) is 32.8 Å². The first-order valence-electron chi connectivity index (χ1n) is 9.04. The van der Waals surface area contributed by atoms with Gasteiger partial charge in [0.25, 0.3) is 0 Å². The molecule has 2 aromatic carbocycles. The van der Waals surface area contributed by atoms with Crippen LogP contribution in [-0.2, 0) is 20.9 Å². The molecule has 2 aromatic rings. The van der Waals surface area contributed by atoms with Gasteiger partial charge in [-0.3, -0.25) is 4.90 Å². The lowest BCUT2D eigenvalue weighted by Gasteiger charge is -2.26. The molecule has 2 atom stereocenters. The summed E-state index contributed by atoms with van der Waals surface area (Å²) in [6.07, 6.45) is -0.709. The van der Waals surface area contributed by atoms with Gasteiger partial charge in [-0.15, -0.1) is 0 Å². The number of hydrogen-bond donors (Lipinski definition) is 1. The number of benzene rings is 2. The molecule has 1 saturated heterocycles. The Hall–Kier alpha value is -2.60. The predicted octanol–water partition coefficient (Wildman–Crippen LogP) is 3.82. The zero-order valence-electron chi connectivity index (χ0n) is 15.8. The molecule has 0 aromatic heterocycles. The summed E-state index contributed by atoms with van der Waals surface area (Å²) in [6.45, 7) is 5.84. The smallest absolute Gasteiger partial charge is 0.411 e. The van der Waals surface area contributed by atoms with Gasteiger partial charge in [-0.2, -0.15) is 0 Å². The Kier molecular flexibility index (Phi) is 5.37. The number of carbonyl (C=O) groups excluding carboxylic acids is 1. The lowest BCUT2D eigenvalue weighted by Crippen LogP contribution is -2.43. The number of likely N-dealkylation sites (tertiary alicyclic amines) is 1. The van der Waals surface area contributed by atoms with Gasteiger partial charge in [-0.1, -0.05) is 36.4 Å².